The normalized spacial score (nSPS) is 15.0. The highest BCUT2D eigenvalue weighted by Crippen LogP contribution is 2.29. The summed E-state index contributed by atoms with van der Waals surface area (Å²) >= 11 is 11.8. The third-order valence-electron chi connectivity index (χ3n) is 2.77. The second-order valence-corrected chi connectivity index (χ2v) is 6.06. The maximum Gasteiger partial charge on any atom is 0.0793 e. The molecule has 2 unspecified atom stereocenters. The zero-order valence-corrected chi connectivity index (χ0v) is 12.1. The fourth-order valence-electron chi connectivity index (χ4n) is 2.19. The van der Waals surface area contributed by atoms with Crippen molar-refractivity contribution in [2.75, 3.05) is 0 Å². The molecule has 3 heteroatoms. The Hall–Kier alpha value is -0.240. The van der Waals surface area contributed by atoms with Gasteiger partial charge in [0.05, 0.1) is 6.10 Å². The Bertz CT molecular complexity index is 343. The third-order valence-corrected chi connectivity index (χ3v) is 3.21. The number of hydrogen-bond donors (Lipinski definition) is 1. The average molecular weight is 275 g/mol. The average Bonchev–Trinajstić information content (AvgIpc) is 2.14. The summed E-state index contributed by atoms with van der Waals surface area (Å²) in [5, 5.41) is 11.3. The van der Waals surface area contributed by atoms with Crippen LogP contribution < -0.4 is 0 Å². The van der Waals surface area contributed by atoms with Crippen LogP contribution in [-0.4, -0.2) is 5.11 Å². The van der Waals surface area contributed by atoms with Gasteiger partial charge in [0.2, 0.25) is 0 Å². The van der Waals surface area contributed by atoms with Gasteiger partial charge in [-0.3, -0.25) is 0 Å². The summed E-state index contributed by atoms with van der Waals surface area (Å²) in [7, 11) is 0. The molecule has 0 heterocycles. The molecule has 1 aromatic rings. The maximum atomic E-state index is 10.1. The molecule has 96 valence electrons. The smallest absolute Gasteiger partial charge is 0.0793 e. The van der Waals surface area contributed by atoms with Gasteiger partial charge >= 0.3 is 0 Å². The molecule has 1 aromatic carbocycles. The molecule has 2 atom stereocenters. The van der Waals surface area contributed by atoms with Crippen molar-refractivity contribution >= 4 is 23.2 Å². The van der Waals surface area contributed by atoms with Gasteiger partial charge in [0, 0.05) is 10.0 Å². The first-order valence-electron chi connectivity index (χ1n) is 6.02. The lowest BCUT2D eigenvalue weighted by molar-refractivity contribution is 0.142. The molecule has 0 aromatic heterocycles. The molecule has 0 aliphatic carbocycles. The van der Waals surface area contributed by atoms with Gasteiger partial charge in [0.1, 0.15) is 0 Å². The summed E-state index contributed by atoms with van der Waals surface area (Å²) in [5.41, 5.74) is 0.804. The van der Waals surface area contributed by atoms with Gasteiger partial charge in [-0.25, -0.2) is 0 Å². The Labute approximate surface area is 114 Å². The van der Waals surface area contributed by atoms with Gasteiger partial charge in [0.25, 0.3) is 0 Å². The predicted octanol–water partition coefficient (Wildman–Crippen LogP) is 5.10. The monoisotopic (exact) mass is 274 g/mol. The molecular formula is C14H20Cl2O. The highest BCUT2D eigenvalue weighted by Gasteiger charge is 2.14. The van der Waals surface area contributed by atoms with E-state index in [0.717, 1.165) is 18.4 Å². The van der Waals surface area contributed by atoms with E-state index in [0.29, 0.717) is 21.9 Å². The lowest BCUT2D eigenvalue weighted by Gasteiger charge is -2.18. The molecule has 0 spiro atoms. The van der Waals surface area contributed by atoms with Crippen LogP contribution in [0.3, 0.4) is 0 Å². The van der Waals surface area contributed by atoms with Crippen LogP contribution in [0, 0.1) is 11.8 Å². The molecular weight excluding hydrogens is 255 g/mol. The maximum absolute atomic E-state index is 10.1. The van der Waals surface area contributed by atoms with E-state index in [1.165, 1.54) is 0 Å². The lowest BCUT2D eigenvalue weighted by Crippen LogP contribution is -2.07. The van der Waals surface area contributed by atoms with Crippen LogP contribution in [0.2, 0.25) is 10.0 Å². The molecule has 0 amide bonds. The number of aliphatic hydroxyl groups excluding tert-OH is 1. The van der Waals surface area contributed by atoms with E-state index in [4.69, 9.17) is 23.2 Å². The van der Waals surface area contributed by atoms with E-state index in [1.807, 2.05) is 0 Å². The second kappa shape index (κ2) is 6.63. The van der Waals surface area contributed by atoms with Gasteiger partial charge < -0.3 is 5.11 Å². The minimum Gasteiger partial charge on any atom is -0.388 e. The molecule has 0 fully saturated rings. The highest BCUT2D eigenvalue weighted by molar-refractivity contribution is 6.34. The Morgan fingerprint density at radius 1 is 1.00 bits per heavy atom. The van der Waals surface area contributed by atoms with Crippen molar-refractivity contribution in [3.05, 3.63) is 33.8 Å². The van der Waals surface area contributed by atoms with Crippen LogP contribution in [0.25, 0.3) is 0 Å². The Kier molecular flexibility index (Phi) is 5.78. The number of halogens is 2. The van der Waals surface area contributed by atoms with Crippen LogP contribution in [0.5, 0.6) is 0 Å². The predicted molar refractivity (Wildman–Crippen MR) is 74.7 cm³/mol. The van der Waals surface area contributed by atoms with E-state index in [9.17, 15) is 5.11 Å². The van der Waals surface area contributed by atoms with Crippen LogP contribution in [0.4, 0.5) is 0 Å². The van der Waals surface area contributed by atoms with Gasteiger partial charge in [-0.15, -0.1) is 0 Å². The Morgan fingerprint density at radius 3 is 2.00 bits per heavy atom. The van der Waals surface area contributed by atoms with Crippen LogP contribution in [0.15, 0.2) is 18.2 Å². The third kappa shape index (κ3) is 5.29. The Balaban J connectivity index is 2.66. The van der Waals surface area contributed by atoms with Crippen LogP contribution in [-0.2, 0) is 0 Å². The van der Waals surface area contributed by atoms with Crippen molar-refractivity contribution in [1.29, 1.82) is 0 Å². The summed E-state index contributed by atoms with van der Waals surface area (Å²) in [4.78, 5) is 0. The summed E-state index contributed by atoms with van der Waals surface area (Å²) in [5.74, 6) is 1.14. The molecule has 0 radical (unpaired) electrons. The quantitative estimate of drug-likeness (QED) is 0.792. The SMILES string of the molecule is CC(C)CC(C)CC(O)c1cc(Cl)cc(Cl)c1. The second-order valence-electron chi connectivity index (χ2n) is 5.19. The van der Waals surface area contributed by atoms with Crippen LogP contribution in [0.1, 0.15) is 45.3 Å². The number of benzene rings is 1. The first kappa shape index (κ1) is 14.8. The van der Waals surface area contributed by atoms with E-state index >= 15 is 0 Å². The van der Waals surface area contributed by atoms with Crippen molar-refractivity contribution < 1.29 is 5.11 Å². The van der Waals surface area contributed by atoms with Gasteiger partial charge in [-0.05, 0) is 48.4 Å². The minimum atomic E-state index is -0.486. The van der Waals surface area contributed by atoms with E-state index in [-0.39, 0.29) is 0 Å². The molecule has 0 aliphatic heterocycles. The topological polar surface area (TPSA) is 20.2 Å². The highest BCUT2D eigenvalue weighted by atomic mass is 35.5. The first-order chi connectivity index (χ1) is 7.88. The van der Waals surface area contributed by atoms with Crippen LogP contribution >= 0.6 is 23.2 Å². The fraction of sp³-hybridized carbons (Fsp3) is 0.571. The van der Waals surface area contributed by atoms with E-state index in [1.54, 1.807) is 18.2 Å². The molecule has 0 saturated heterocycles. The van der Waals surface area contributed by atoms with Gasteiger partial charge in [0.15, 0.2) is 0 Å². The molecule has 0 bridgehead atoms. The van der Waals surface area contributed by atoms with E-state index in [2.05, 4.69) is 20.8 Å². The number of hydrogen-bond acceptors (Lipinski definition) is 1. The molecule has 1 N–H and O–H groups in total. The van der Waals surface area contributed by atoms with Crippen molar-refractivity contribution in [3.8, 4) is 0 Å². The summed E-state index contributed by atoms with van der Waals surface area (Å²) in [6.07, 6.45) is 1.38. The zero-order chi connectivity index (χ0) is 13.0. The van der Waals surface area contributed by atoms with Gasteiger partial charge in [-0.1, -0.05) is 44.0 Å². The molecule has 1 nitrogen and oxygen atoms in total. The summed E-state index contributed by atoms with van der Waals surface area (Å²) < 4.78 is 0. The molecule has 0 saturated carbocycles. The number of aliphatic hydroxyl groups is 1. The molecule has 1 rings (SSSR count). The fourth-order valence-corrected chi connectivity index (χ4v) is 2.73. The minimum absolute atomic E-state index is 0.486. The van der Waals surface area contributed by atoms with Crippen molar-refractivity contribution in [1.82, 2.24) is 0 Å². The first-order valence-corrected chi connectivity index (χ1v) is 6.78. The largest absolute Gasteiger partial charge is 0.388 e. The van der Waals surface area contributed by atoms with Crippen molar-refractivity contribution in [3.63, 3.8) is 0 Å². The van der Waals surface area contributed by atoms with Crippen molar-refractivity contribution in [2.24, 2.45) is 11.8 Å². The summed E-state index contributed by atoms with van der Waals surface area (Å²) in [6, 6.07) is 5.23. The van der Waals surface area contributed by atoms with Gasteiger partial charge in [-0.2, -0.15) is 0 Å². The lowest BCUT2D eigenvalue weighted by atomic mass is 9.91. The van der Waals surface area contributed by atoms with E-state index < -0.39 is 6.10 Å². The molecule has 17 heavy (non-hydrogen) atoms. The zero-order valence-electron chi connectivity index (χ0n) is 10.6. The summed E-state index contributed by atoms with van der Waals surface area (Å²) in [6.45, 7) is 6.55. The standard InChI is InChI=1S/C14H20Cl2O/c1-9(2)4-10(3)5-14(17)11-6-12(15)8-13(16)7-11/h6-10,14,17H,4-5H2,1-3H3. The van der Waals surface area contributed by atoms with Crippen molar-refractivity contribution in [2.45, 2.75) is 39.7 Å². The Morgan fingerprint density at radius 2 is 1.53 bits per heavy atom. The number of rotatable bonds is 5. The molecule has 0 aliphatic rings.